The van der Waals surface area contributed by atoms with E-state index in [2.05, 4.69) is 15.3 Å². The van der Waals surface area contributed by atoms with Gasteiger partial charge in [-0.2, -0.15) is 0 Å². The van der Waals surface area contributed by atoms with E-state index in [1.807, 2.05) is 6.92 Å². The second-order valence-electron chi connectivity index (χ2n) is 6.20. The molecule has 0 bridgehead atoms. The first-order chi connectivity index (χ1) is 11.8. The lowest BCUT2D eigenvalue weighted by Gasteiger charge is -2.21. The van der Waals surface area contributed by atoms with Gasteiger partial charge in [-0.1, -0.05) is 18.2 Å². The van der Waals surface area contributed by atoms with Crippen LogP contribution in [0.5, 0.6) is 0 Å². The standard InChI is InChI=1S/C15H22N6O4/c1-9(6-13(21(24)25)15(23)10(2)22)7-20-8-12(18-19-20)11-4-3-5-14(16)17-11/h3-5,8-10,13,15,22-23H,6-7H2,1-2H3,(H2,16,17)/t9-,10+,13?,15?/m0/s1. The van der Waals surface area contributed by atoms with Crippen LogP contribution in [0.15, 0.2) is 24.4 Å². The molecule has 0 spiro atoms. The highest BCUT2D eigenvalue weighted by Gasteiger charge is 2.34. The molecule has 10 nitrogen and oxygen atoms in total. The highest BCUT2D eigenvalue weighted by Crippen LogP contribution is 2.18. The summed E-state index contributed by atoms with van der Waals surface area (Å²) in [6.07, 6.45) is -0.801. The van der Waals surface area contributed by atoms with Crippen molar-refractivity contribution in [3.8, 4) is 11.4 Å². The molecule has 2 aromatic rings. The molecule has 2 unspecified atom stereocenters. The van der Waals surface area contributed by atoms with E-state index < -0.39 is 23.2 Å². The Kier molecular flexibility index (Phi) is 5.99. The van der Waals surface area contributed by atoms with Gasteiger partial charge in [0.1, 0.15) is 17.6 Å². The summed E-state index contributed by atoms with van der Waals surface area (Å²) >= 11 is 0. The zero-order valence-electron chi connectivity index (χ0n) is 14.1. The third-order valence-electron chi connectivity index (χ3n) is 3.87. The zero-order valence-corrected chi connectivity index (χ0v) is 14.1. The monoisotopic (exact) mass is 350 g/mol. The molecule has 0 aliphatic heterocycles. The van der Waals surface area contributed by atoms with Gasteiger partial charge in [0, 0.05) is 17.9 Å². The number of pyridine rings is 1. The Morgan fingerprint density at radius 2 is 2.04 bits per heavy atom. The van der Waals surface area contributed by atoms with Crippen LogP contribution >= 0.6 is 0 Å². The zero-order chi connectivity index (χ0) is 18.6. The smallest absolute Gasteiger partial charge is 0.241 e. The van der Waals surface area contributed by atoms with Gasteiger partial charge in [-0.25, -0.2) is 4.98 Å². The van der Waals surface area contributed by atoms with Crippen molar-refractivity contribution in [2.75, 3.05) is 5.73 Å². The van der Waals surface area contributed by atoms with Gasteiger partial charge in [0.05, 0.1) is 18.0 Å². The molecule has 4 atom stereocenters. The summed E-state index contributed by atoms with van der Waals surface area (Å²) in [6, 6.07) is 3.95. The Balaban J connectivity index is 2.03. The Morgan fingerprint density at radius 3 is 2.64 bits per heavy atom. The Morgan fingerprint density at radius 1 is 1.32 bits per heavy atom. The van der Waals surface area contributed by atoms with E-state index in [0.717, 1.165) is 0 Å². The minimum atomic E-state index is -1.42. The molecule has 0 saturated heterocycles. The summed E-state index contributed by atoms with van der Waals surface area (Å²) in [5.74, 6) is 0.216. The normalized spacial score (nSPS) is 16.2. The second-order valence-corrected chi connectivity index (χ2v) is 6.20. The van der Waals surface area contributed by atoms with E-state index in [-0.39, 0.29) is 12.3 Å². The van der Waals surface area contributed by atoms with Crippen molar-refractivity contribution in [3.63, 3.8) is 0 Å². The molecule has 0 aliphatic rings. The van der Waals surface area contributed by atoms with Crippen molar-refractivity contribution >= 4 is 5.82 Å². The molecule has 25 heavy (non-hydrogen) atoms. The van der Waals surface area contributed by atoms with Crippen LogP contribution in [-0.4, -0.2) is 53.4 Å². The maximum absolute atomic E-state index is 11.1. The Bertz CT molecular complexity index is 720. The SMILES string of the molecule is C[C@@H](CC(C(O)[C@@H](C)O)[N+](=O)[O-])Cn1cc(-c2cccc(N)n2)nn1. The molecule has 10 heteroatoms. The first-order valence-corrected chi connectivity index (χ1v) is 7.90. The molecular weight excluding hydrogens is 328 g/mol. The van der Waals surface area contributed by atoms with Crippen molar-refractivity contribution in [1.29, 1.82) is 0 Å². The number of aliphatic hydroxyl groups is 2. The van der Waals surface area contributed by atoms with Crippen molar-refractivity contribution in [2.24, 2.45) is 5.92 Å². The predicted molar refractivity (Wildman–Crippen MR) is 89.9 cm³/mol. The number of nitrogens with two attached hydrogens (primary N) is 1. The summed E-state index contributed by atoms with van der Waals surface area (Å²) in [6.45, 7) is 3.52. The maximum atomic E-state index is 11.1. The number of anilines is 1. The fourth-order valence-electron chi connectivity index (χ4n) is 2.58. The lowest BCUT2D eigenvalue weighted by atomic mass is 9.96. The largest absolute Gasteiger partial charge is 0.390 e. The van der Waals surface area contributed by atoms with Gasteiger partial charge in [0.25, 0.3) is 0 Å². The van der Waals surface area contributed by atoms with Crippen molar-refractivity contribution < 1.29 is 15.1 Å². The fraction of sp³-hybridized carbons (Fsp3) is 0.533. The van der Waals surface area contributed by atoms with E-state index in [4.69, 9.17) is 5.73 Å². The van der Waals surface area contributed by atoms with Crippen molar-refractivity contribution in [1.82, 2.24) is 20.0 Å². The molecule has 0 aliphatic carbocycles. The molecule has 4 N–H and O–H groups in total. The molecule has 2 rings (SSSR count). The average Bonchev–Trinajstić information content (AvgIpc) is 3.00. The molecule has 2 aromatic heterocycles. The molecule has 136 valence electrons. The van der Waals surface area contributed by atoms with E-state index in [0.29, 0.717) is 23.8 Å². The predicted octanol–water partition coefficient (Wildman–Crippen LogP) is 0.335. The summed E-state index contributed by atoms with van der Waals surface area (Å²) in [4.78, 5) is 14.7. The van der Waals surface area contributed by atoms with Gasteiger partial charge in [-0.05, 0) is 25.0 Å². The van der Waals surface area contributed by atoms with Crippen LogP contribution in [0.1, 0.15) is 20.3 Å². The number of nitrogen functional groups attached to an aromatic ring is 1. The summed E-state index contributed by atoms with van der Waals surface area (Å²) in [7, 11) is 0. The number of hydrogen-bond donors (Lipinski definition) is 3. The number of nitrogens with zero attached hydrogens (tertiary/aromatic N) is 5. The number of aliphatic hydroxyl groups excluding tert-OH is 2. The molecule has 0 aromatic carbocycles. The molecule has 0 radical (unpaired) electrons. The second kappa shape index (κ2) is 7.99. The Hall–Kier alpha value is -2.59. The van der Waals surface area contributed by atoms with Crippen LogP contribution in [0.4, 0.5) is 5.82 Å². The van der Waals surface area contributed by atoms with Gasteiger partial charge < -0.3 is 15.9 Å². The van der Waals surface area contributed by atoms with Crippen LogP contribution in [0.2, 0.25) is 0 Å². The number of hydrogen-bond acceptors (Lipinski definition) is 8. The third-order valence-corrected chi connectivity index (χ3v) is 3.87. The van der Waals surface area contributed by atoms with E-state index in [1.165, 1.54) is 6.92 Å². The van der Waals surface area contributed by atoms with E-state index in [1.54, 1.807) is 29.1 Å². The number of aromatic nitrogens is 4. The summed E-state index contributed by atoms with van der Waals surface area (Å²) in [5, 5.41) is 38.4. The van der Waals surface area contributed by atoms with Crippen LogP contribution < -0.4 is 5.73 Å². The lowest BCUT2D eigenvalue weighted by Crippen LogP contribution is -2.42. The average molecular weight is 350 g/mol. The van der Waals surface area contributed by atoms with Crippen molar-refractivity contribution in [3.05, 3.63) is 34.5 Å². The topological polar surface area (TPSA) is 153 Å². The van der Waals surface area contributed by atoms with E-state index >= 15 is 0 Å². The maximum Gasteiger partial charge on any atom is 0.241 e. The van der Waals surface area contributed by atoms with Gasteiger partial charge in [-0.3, -0.25) is 14.8 Å². The van der Waals surface area contributed by atoms with E-state index in [9.17, 15) is 20.3 Å². The minimum absolute atomic E-state index is 0.102. The molecule has 0 amide bonds. The number of rotatable bonds is 8. The Labute approximate surface area is 144 Å². The van der Waals surface area contributed by atoms with Gasteiger partial charge in [-0.15, -0.1) is 5.10 Å². The van der Waals surface area contributed by atoms with Gasteiger partial charge >= 0.3 is 0 Å². The third kappa shape index (κ3) is 4.94. The highest BCUT2D eigenvalue weighted by molar-refractivity contribution is 5.54. The quantitative estimate of drug-likeness (QED) is 0.455. The van der Waals surface area contributed by atoms with Gasteiger partial charge in [0.2, 0.25) is 6.04 Å². The van der Waals surface area contributed by atoms with Crippen LogP contribution in [0.3, 0.4) is 0 Å². The molecular formula is C15H22N6O4. The molecule has 0 saturated carbocycles. The molecule has 2 heterocycles. The van der Waals surface area contributed by atoms with Crippen molar-refractivity contribution in [2.45, 2.75) is 45.1 Å². The summed E-state index contributed by atoms with van der Waals surface area (Å²) < 4.78 is 1.57. The first kappa shape index (κ1) is 18.7. The molecule has 0 fully saturated rings. The highest BCUT2D eigenvalue weighted by atomic mass is 16.6. The lowest BCUT2D eigenvalue weighted by molar-refractivity contribution is -0.539. The van der Waals surface area contributed by atoms with Crippen LogP contribution in [0, 0.1) is 16.0 Å². The van der Waals surface area contributed by atoms with Crippen LogP contribution in [-0.2, 0) is 6.54 Å². The fourth-order valence-corrected chi connectivity index (χ4v) is 2.58. The summed E-state index contributed by atoms with van der Waals surface area (Å²) in [5.41, 5.74) is 6.79. The van der Waals surface area contributed by atoms with Crippen LogP contribution in [0.25, 0.3) is 11.4 Å². The first-order valence-electron chi connectivity index (χ1n) is 7.90. The number of nitro groups is 1. The minimum Gasteiger partial charge on any atom is -0.390 e. The van der Waals surface area contributed by atoms with Gasteiger partial charge in [0.15, 0.2) is 0 Å².